The molecule has 7 heteroatoms. The summed E-state index contributed by atoms with van der Waals surface area (Å²) in [4.78, 5) is 24.2. The summed E-state index contributed by atoms with van der Waals surface area (Å²) in [6, 6.07) is 14.0. The SMILES string of the molecule is Cc1nc([C@@H]2CCCCN2Cc2ccccc2Cl)ncc1C(=O)Nc1ccccc1F. The first kappa shape index (κ1) is 21.4. The quantitative estimate of drug-likeness (QED) is 0.566. The van der Waals surface area contributed by atoms with Crippen molar-refractivity contribution in [2.45, 2.75) is 38.8 Å². The van der Waals surface area contributed by atoms with Crippen molar-refractivity contribution in [1.82, 2.24) is 14.9 Å². The van der Waals surface area contributed by atoms with E-state index in [9.17, 15) is 9.18 Å². The Balaban J connectivity index is 1.53. The van der Waals surface area contributed by atoms with E-state index in [1.807, 2.05) is 24.3 Å². The molecule has 1 aliphatic rings. The molecule has 1 aliphatic heterocycles. The van der Waals surface area contributed by atoms with E-state index in [1.165, 1.54) is 18.3 Å². The van der Waals surface area contributed by atoms with E-state index >= 15 is 0 Å². The number of para-hydroxylation sites is 1. The summed E-state index contributed by atoms with van der Waals surface area (Å²) in [5.41, 5.74) is 2.12. The fourth-order valence-electron chi connectivity index (χ4n) is 3.94. The number of rotatable bonds is 5. The molecular formula is C24H24ClFN4O. The standard InChI is InChI=1S/C24H24ClFN4O/c1-16-18(24(31)29-21-11-5-4-10-20(21)26)14-27-23(28-16)22-12-6-7-13-30(22)15-17-8-2-3-9-19(17)25/h2-5,8-11,14,22H,6-7,12-13,15H2,1H3,(H,29,31)/t22-/m0/s1. The minimum atomic E-state index is -0.483. The first-order valence-corrected chi connectivity index (χ1v) is 10.8. The van der Waals surface area contributed by atoms with Crippen LogP contribution in [0.25, 0.3) is 0 Å². The van der Waals surface area contributed by atoms with Crippen LogP contribution in [-0.4, -0.2) is 27.3 Å². The predicted molar refractivity (Wildman–Crippen MR) is 120 cm³/mol. The molecule has 1 saturated heterocycles. The van der Waals surface area contributed by atoms with Crippen molar-refractivity contribution in [3.05, 3.63) is 88.2 Å². The summed E-state index contributed by atoms with van der Waals surface area (Å²) in [5.74, 6) is -0.208. The summed E-state index contributed by atoms with van der Waals surface area (Å²) < 4.78 is 13.9. The number of nitrogens with one attached hydrogen (secondary N) is 1. The zero-order valence-electron chi connectivity index (χ0n) is 17.3. The van der Waals surface area contributed by atoms with Crippen molar-refractivity contribution in [3.63, 3.8) is 0 Å². The zero-order chi connectivity index (χ0) is 21.8. The van der Waals surface area contributed by atoms with Gasteiger partial charge in [-0.25, -0.2) is 14.4 Å². The Kier molecular flexibility index (Phi) is 6.59. The molecule has 1 N–H and O–H groups in total. The number of halogens is 2. The fraction of sp³-hybridized carbons (Fsp3) is 0.292. The van der Waals surface area contributed by atoms with Gasteiger partial charge in [-0.15, -0.1) is 0 Å². The third-order valence-corrected chi connectivity index (χ3v) is 5.98. The molecule has 0 aliphatic carbocycles. The van der Waals surface area contributed by atoms with Gasteiger partial charge in [-0.05, 0) is 50.1 Å². The first-order chi connectivity index (χ1) is 15.0. The van der Waals surface area contributed by atoms with Gasteiger partial charge < -0.3 is 5.32 Å². The number of piperidine rings is 1. The van der Waals surface area contributed by atoms with Gasteiger partial charge in [0.25, 0.3) is 5.91 Å². The van der Waals surface area contributed by atoms with Crippen molar-refractivity contribution in [2.24, 2.45) is 0 Å². The van der Waals surface area contributed by atoms with Gasteiger partial charge >= 0.3 is 0 Å². The Labute approximate surface area is 186 Å². The minimum absolute atomic E-state index is 0.0624. The molecule has 3 aromatic rings. The van der Waals surface area contributed by atoms with Gasteiger partial charge in [0.15, 0.2) is 0 Å². The molecule has 2 aromatic carbocycles. The molecule has 1 atom stereocenters. The third-order valence-electron chi connectivity index (χ3n) is 5.61. The molecule has 5 nitrogen and oxygen atoms in total. The van der Waals surface area contributed by atoms with Crippen LogP contribution in [0.3, 0.4) is 0 Å². The molecule has 0 radical (unpaired) electrons. The van der Waals surface area contributed by atoms with Crippen LogP contribution in [0, 0.1) is 12.7 Å². The van der Waals surface area contributed by atoms with Gasteiger partial charge in [0.2, 0.25) is 0 Å². The molecule has 1 fully saturated rings. The van der Waals surface area contributed by atoms with E-state index in [-0.39, 0.29) is 11.7 Å². The fourth-order valence-corrected chi connectivity index (χ4v) is 4.13. The number of anilines is 1. The van der Waals surface area contributed by atoms with Crippen LogP contribution in [0.5, 0.6) is 0 Å². The Morgan fingerprint density at radius 2 is 1.97 bits per heavy atom. The second kappa shape index (κ2) is 9.54. The van der Waals surface area contributed by atoms with E-state index in [4.69, 9.17) is 11.6 Å². The Morgan fingerprint density at radius 1 is 1.19 bits per heavy atom. The van der Waals surface area contributed by atoms with Crippen molar-refractivity contribution in [3.8, 4) is 0 Å². The molecule has 0 spiro atoms. The van der Waals surface area contributed by atoms with Crippen LogP contribution >= 0.6 is 11.6 Å². The lowest BCUT2D eigenvalue weighted by Gasteiger charge is -2.35. The molecule has 1 amide bonds. The monoisotopic (exact) mass is 438 g/mol. The maximum absolute atomic E-state index is 13.9. The number of hydrogen-bond acceptors (Lipinski definition) is 4. The van der Waals surface area contributed by atoms with Crippen molar-refractivity contribution in [1.29, 1.82) is 0 Å². The summed E-state index contributed by atoms with van der Waals surface area (Å²) in [5, 5.41) is 3.35. The molecule has 160 valence electrons. The maximum Gasteiger partial charge on any atom is 0.259 e. The topological polar surface area (TPSA) is 58.1 Å². The number of likely N-dealkylation sites (tertiary alicyclic amines) is 1. The number of carbonyl (C=O) groups excluding carboxylic acids is 1. The Morgan fingerprint density at radius 3 is 2.74 bits per heavy atom. The highest BCUT2D eigenvalue weighted by molar-refractivity contribution is 6.31. The van der Waals surface area contributed by atoms with Gasteiger partial charge in [0, 0.05) is 17.8 Å². The van der Waals surface area contributed by atoms with Crippen LogP contribution in [0.1, 0.15) is 52.7 Å². The third kappa shape index (κ3) is 4.92. The van der Waals surface area contributed by atoms with Crippen molar-refractivity contribution < 1.29 is 9.18 Å². The van der Waals surface area contributed by atoms with E-state index < -0.39 is 11.7 Å². The summed E-state index contributed by atoms with van der Waals surface area (Å²) in [6.07, 6.45) is 4.70. The average Bonchev–Trinajstić information content (AvgIpc) is 2.77. The van der Waals surface area contributed by atoms with E-state index in [0.29, 0.717) is 17.1 Å². The predicted octanol–water partition coefficient (Wildman–Crippen LogP) is 5.56. The number of amides is 1. The Hall–Kier alpha value is -2.83. The number of nitrogens with zero attached hydrogens (tertiary/aromatic N) is 3. The van der Waals surface area contributed by atoms with Gasteiger partial charge in [0.1, 0.15) is 11.6 Å². The summed E-state index contributed by atoms with van der Waals surface area (Å²) >= 11 is 6.37. The highest BCUT2D eigenvalue weighted by atomic mass is 35.5. The molecular weight excluding hydrogens is 415 g/mol. The molecule has 0 bridgehead atoms. The minimum Gasteiger partial charge on any atom is -0.319 e. The molecule has 2 heterocycles. The number of hydrogen-bond donors (Lipinski definition) is 1. The van der Waals surface area contributed by atoms with E-state index in [1.54, 1.807) is 19.1 Å². The van der Waals surface area contributed by atoms with E-state index in [2.05, 4.69) is 20.2 Å². The molecule has 0 saturated carbocycles. The molecule has 1 aromatic heterocycles. The highest BCUT2D eigenvalue weighted by Crippen LogP contribution is 2.31. The zero-order valence-corrected chi connectivity index (χ0v) is 18.1. The van der Waals surface area contributed by atoms with Gasteiger partial charge in [-0.1, -0.05) is 48.4 Å². The average molecular weight is 439 g/mol. The second-order valence-corrected chi connectivity index (χ2v) is 8.14. The number of aromatic nitrogens is 2. The maximum atomic E-state index is 13.9. The van der Waals surface area contributed by atoms with E-state index in [0.717, 1.165) is 42.9 Å². The largest absolute Gasteiger partial charge is 0.319 e. The lowest BCUT2D eigenvalue weighted by atomic mass is 10.00. The molecule has 4 rings (SSSR count). The van der Waals surface area contributed by atoms with Crippen LogP contribution in [0.2, 0.25) is 5.02 Å². The normalized spacial score (nSPS) is 16.8. The van der Waals surface area contributed by atoms with Gasteiger partial charge in [-0.3, -0.25) is 9.69 Å². The molecule has 31 heavy (non-hydrogen) atoms. The lowest BCUT2D eigenvalue weighted by molar-refractivity contribution is 0.102. The van der Waals surface area contributed by atoms with Crippen molar-refractivity contribution >= 4 is 23.2 Å². The second-order valence-electron chi connectivity index (χ2n) is 7.73. The van der Waals surface area contributed by atoms with Crippen LogP contribution in [0.15, 0.2) is 54.7 Å². The lowest BCUT2D eigenvalue weighted by Crippen LogP contribution is -2.34. The van der Waals surface area contributed by atoms with Gasteiger partial charge in [-0.2, -0.15) is 0 Å². The highest BCUT2D eigenvalue weighted by Gasteiger charge is 2.27. The van der Waals surface area contributed by atoms with Gasteiger partial charge in [0.05, 0.1) is 23.0 Å². The summed E-state index contributed by atoms with van der Waals surface area (Å²) in [7, 11) is 0. The smallest absolute Gasteiger partial charge is 0.259 e. The van der Waals surface area contributed by atoms with Crippen LogP contribution < -0.4 is 5.32 Å². The van der Waals surface area contributed by atoms with Crippen LogP contribution in [-0.2, 0) is 6.54 Å². The number of benzene rings is 2. The molecule has 0 unspecified atom stereocenters. The van der Waals surface area contributed by atoms with Crippen LogP contribution in [0.4, 0.5) is 10.1 Å². The summed E-state index contributed by atoms with van der Waals surface area (Å²) in [6.45, 7) is 3.44. The number of aryl methyl sites for hydroxylation is 1. The number of carbonyl (C=O) groups is 1. The first-order valence-electron chi connectivity index (χ1n) is 10.4. The van der Waals surface area contributed by atoms with Crippen molar-refractivity contribution in [2.75, 3.05) is 11.9 Å². The Bertz CT molecular complexity index is 1090.